The molecule has 1 aliphatic rings. The molecule has 0 spiro atoms. The molecule has 1 aliphatic heterocycles. The number of hydrogen-bond acceptors (Lipinski definition) is 4. The first-order chi connectivity index (χ1) is 7.20. The van der Waals surface area contributed by atoms with Gasteiger partial charge in [0.25, 0.3) is 0 Å². The smallest absolute Gasteiger partial charge is 0.335 e. The normalized spacial score (nSPS) is 19.4. The molecule has 1 heterocycles. The van der Waals surface area contributed by atoms with E-state index in [9.17, 15) is 4.79 Å². The van der Waals surface area contributed by atoms with Crippen LogP contribution in [0.2, 0.25) is 0 Å². The zero-order chi connectivity index (χ0) is 10.8. The van der Waals surface area contributed by atoms with Gasteiger partial charge in [0.15, 0.2) is 6.10 Å². The molecule has 0 fully saturated rings. The second kappa shape index (κ2) is 3.90. The number of ether oxygens (including phenoxy) is 2. The van der Waals surface area contributed by atoms with E-state index in [1.54, 1.807) is 0 Å². The van der Waals surface area contributed by atoms with Gasteiger partial charge in [0, 0.05) is 12.1 Å². The number of carbonyl (C=O) groups excluding carboxylic acids is 1. The van der Waals surface area contributed by atoms with Crippen molar-refractivity contribution in [1.29, 1.82) is 0 Å². The summed E-state index contributed by atoms with van der Waals surface area (Å²) in [5.74, 6) is -0.330. The highest BCUT2D eigenvalue weighted by atomic mass is 16.6. The van der Waals surface area contributed by atoms with E-state index in [-0.39, 0.29) is 5.97 Å². The summed E-state index contributed by atoms with van der Waals surface area (Å²) in [5, 5.41) is 0. The minimum absolute atomic E-state index is 0.330. The molecular formula is C11H13NO3. The predicted molar refractivity (Wildman–Crippen MR) is 55.2 cm³/mol. The average Bonchev–Trinajstić information content (AvgIpc) is 2.27. The third-order valence-electron chi connectivity index (χ3n) is 2.54. The van der Waals surface area contributed by atoms with Crippen LogP contribution in [0.3, 0.4) is 0 Å². The van der Waals surface area contributed by atoms with Gasteiger partial charge in [0.1, 0.15) is 0 Å². The molecule has 15 heavy (non-hydrogen) atoms. The Morgan fingerprint density at radius 2 is 2.33 bits per heavy atom. The van der Waals surface area contributed by atoms with Crippen molar-refractivity contribution in [3.63, 3.8) is 0 Å². The maximum atomic E-state index is 11.3. The first-order valence-electron chi connectivity index (χ1n) is 4.77. The summed E-state index contributed by atoms with van der Waals surface area (Å²) in [6.45, 7) is 0.440. The third-order valence-corrected chi connectivity index (χ3v) is 2.54. The Balaban J connectivity index is 2.22. The topological polar surface area (TPSA) is 61.5 Å². The molecule has 80 valence electrons. The van der Waals surface area contributed by atoms with Crippen molar-refractivity contribution in [2.24, 2.45) is 0 Å². The van der Waals surface area contributed by atoms with Crippen LogP contribution < -0.4 is 5.73 Å². The number of nitrogen functional groups attached to an aromatic ring is 1. The van der Waals surface area contributed by atoms with E-state index in [0.29, 0.717) is 18.7 Å². The first-order valence-corrected chi connectivity index (χ1v) is 4.77. The Bertz CT molecular complexity index is 389. The third kappa shape index (κ3) is 1.94. The number of fused-ring (bicyclic) bond motifs is 1. The van der Waals surface area contributed by atoms with E-state index in [1.165, 1.54) is 7.11 Å². The maximum absolute atomic E-state index is 11.3. The van der Waals surface area contributed by atoms with Crippen LogP contribution in [0, 0.1) is 0 Å². The molecule has 1 aromatic rings. The van der Waals surface area contributed by atoms with Crippen molar-refractivity contribution in [3.05, 3.63) is 29.3 Å². The summed E-state index contributed by atoms with van der Waals surface area (Å²) in [4.78, 5) is 11.3. The van der Waals surface area contributed by atoms with Crippen LogP contribution in [0.25, 0.3) is 0 Å². The number of hydrogen-bond donors (Lipinski definition) is 1. The zero-order valence-corrected chi connectivity index (χ0v) is 8.53. The summed E-state index contributed by atoms with van der Waals surface area (Å²) in [6, 6.07) is 5.65. The summed E-state index contributed by atoms with van der Waals surface area (Å²) >= 11 is 0. The number of benzene rings is 1. The SMILES string of the molecule is COC(=O)[C@@H]1Cc2cc(N)ccc2CO1. The van der Waals surface area contributed by atoms with Gasteiger partial charge >= 0.3 is 5.97 Å². The lowest BCUT2D eigenvalue weighted by Gasteiger charge is -2.23. The molecule has 2 N–H and O–H groups in total. The van der Waals surface area contributed by atoms with Crippen molar-refractivity contribution in [1.82, 2.24) is 0 Å². The molecule has 0 amide bonds. The van der Waals surface area contributed by atoms with Crippen molar-refractivity contribution < 1.29 is 14.3 Å². The minimum atomic E-state index is -0.496. The summed E-state index contributed by atoms with van der Waals surface area (Å²) in [6.07, 6.45) is 0.0387. The van der Waals surface area contributed by atoms with Gasteiger partial charge in [0.05, 0.1) is 13.7 Å². The molecule has 0 aliphatic carbocycles. The van der Waals surface area contributed by atoms with Crippen LogP contribution in [-0.4, -0.2) is 19.2 Å². The van der Waals surface area contributed by atoms with Crippen molar-refractivity contribution in [2.75, 3.05) is 12.8 Å². The van der Waals surface area contributed by atoms with Gasteiger partial charge in [-0.1, -0.05) is 6.07 Å². The van der Waals surface area contributed by atoms with Crippen LogP contribution in [0.1, 0.15) is 11.1 Å². The molecule has 0 unspecified atom stereocenters. The van der Waals surface area contributed by atoms with E-state index in [0.717, 1.165) is 11.1 Å². The van der Waals surface area contributed by atoms with E-state index < -0.39 is 6.10 Å². The molecule has 4 heteroatoms. The molecule has 4 nitrogen and oxygen atoms in total. The van der Waals surface area contributed by atoms with Crippen LogP contribution in [0.5, 0.6) is 0 Å². The highest BCUT2D eigenvalue weighted by Gasteiger charge is 2.25. The number of anilines is 1. The Morgan fingerprint density at radius 1 is 1.53 bits per heavy atom. The molecule has 1 atom stereocenters. The molecule has 0 aromatic heterocycles. The van der Waals surface area contributed by atoms with Crippen LogP contribution in [0.4, 0.5) is 5.69 Å². The van der Waals surface area contributed by atoms with Gasteiger partial charge in [-0.3, -0.25) is 0 Å². The highest BCUT2D eigenvalue weighted by molar-refractivity contribution is 5.75. The zero-order valence-electron chi connectivity index (χ0n) is 8.53. The van der Waals surface area contributed by atoms with E-state index in [1.807, 2.05) is 18.2 Å². The van der Waals surface area contributed by atoms with Gasteiger partial charge in [-0.2, -0.15) is 0 Å². The monoisotopic (exact) mass is 207 g/mol. The fraction of sp³-hybridized carbons (Fsp3) is 0.364. The van der Waals surface area contributed by atoms with Crippen LogP contribution >= 0.6 is 0 Å². The number of esters is 1. The van der Waals surface area contributed by atoms with E-state index in [4.69, 9.17) is 10.5 Å². The molecule has 1 aromatic carbocycles. The molecule has 0 saturated carbocycles. The van der Waals surface area contributed by atoms with Gasteiger partial charge in [0.2, 0.25) is 0 Å². The summed E-state index contributed by atoms with van der Waals surface area (Å²) in [7, 11) is 1.36. The highest BCUT2D eigenvalue weighted by Crippen LogP contribution is 2.23. The number of carbonyl (C=O) groups is 1. The van der Waals surface area contributed by atoms with Gasteiger partial charge in [-0.25, -0.2) is 4.79 Å². The first kappa shape index (κ1) is 9.98. The van der Waals surface area contributed by atoms with Crippen molar-refractivity contribution >= 4 is 11.7 Å². The Labute approximate surface area is 88.0 Å². The number of methoxy groups -OCH3 is 1. The Morgan fingerprint density at radius 3 is 3.07 bits per heavy atom. The Kier molecular flexibility index (Phi) is 2.60. The largest absolute Gasteiger partial charge is 0.467 e. The predicted octanol–water partition coefficient (Wildman–Crippen LogP) is 0.883. The average molecular weight is 207 g/mol. The fourth-order valence-corrected chi connectivity index (χ4v) is 1.71. The maximum Gasteiger partial charge on any atom is 0.335 e. The van der Waals surface area contributed by atoms with Crippen LogP contribution in [-0.2, 0) is 27.3 Å². The summed E-state index contributed by atoms with van der Waals surface area (Å²) < 4.78 is 10.0. The van der Waals surface area contributed by atoms with Crippen molar-refractivity contribution in [2.45, 2.75) is 19.1 Å². The lowest BCUT2D eigenvalue weighted by molar-refractivity contribution is -0.155. The molecule has 2 rings (SSSR count). The lowest BCUT2D eigenvalue weighted by Crippen LogP contribution is -2.31. The second-order valence-corrected chi connectivity index (χ2v) is 3.56. The lowest BCUT2D eigenvalue weighted by atomic mass is 9.98. The van der Waals surface area contributed by atoms with Gasteiger partial charge in [-0.15, -0.1) is 0 Å². The van der Waals surface area contributed by atoms with E-state index in [2.05, 4.69) is 4.74 Å². The second-order valence-electron chi connectivity index (χ2n) is 3.56. The van der Waals surface area contributed by atoms with Gasteiger partial charge < -0.3 is 15.2 Å². The standard InChI is InChI=1S/C11H13NO3/c1-14-11(13)10-5-8-4-9(12)3-2-7(8)6-15-10/h2-4,10H,5-6,12H2,1H3/t10-/m0/s1. The molecular weight excluding hydrogens is 194 g/mol. The Hall–Kier alpha value is -1.55. The molecule has 0 bridgehead atoms. The quantitative estimate of drug-likeness (QED) is 0.548. The van der Waals surface area contributed by atoms with Crippen LogP contribution in [0.15, 0.2) is 18.2 Å². The molecule has 0 radical (unpaired) electrons. The van der Waals surface area contributed by atoms with Crippen molar-refractivity contribution in [3.8, 4) is 0 Å². The summed E-state index contributed by atoms with van der Waals surface area (Å²) in [5.41, 5.74) is 8.54. The van der Waals surface area contributed by atoms with Gasteiger partial charge in [-0.05, 0) is 23.3 Å². The number of rotatable bonds is 1. The minimum Gasteiger partial charge on any atom is -0.467 e. The molecule has 0 saturated heterocycles. The number of nitrogens with two attached hydrogens (primary N) is 1. The fourth-order valence-electron chi connectivity index (χ4n) is 1.71. The van der Waals surface area contributed by atoms with E-state index >= 15 is 0 Å².